The lowest BCUT2D eigenvalue weighted by molar-refractivity contribution is 0.125. The molecule has 0 aromatic carbocycles. The third-order valence-electron chi connectivity index (χ3n) is 1.67. The zero-order chi connectivity index (χ0) is 20.1. The molecule has 0 aliphatic heterocycles. The zero-order valence-electron chi connectivity index (χ0n) is 13.1. The predicted molar refractivity (Wildman–Crippen MR) is 81.0 cm³/mol. The molecule has 0 aromatic heterocycles. The van der Waals surface area contributed by atoms with Gasteiger partial charge in [-0.3, -0.25) is 17.3 Å². The maximum absolute atomic E-state index is 12.0. The molecular formula is C7H23B4F4NO8. The molecule has 1 atom stereocenters. The van der Waals surface area contributed by atoms with E-state index in [1.807, 2.05) is 6.92 Å². The third-order valence-corrected chi connectivity index (χ3v) is 1.67. The first-order chi connectivity index (χ1) is 10.9. The molecule has 0 bridgehead atoms. The van der Waals surface area contributed by atoms with Crippen molar-refractivity contribution < 1.29 is 57.1 Å². The van der Waals surface area contributed by atoms with Gasteiger partial charge in [0.15, 0.2) is 0 Å². The Labute approximate surface area is 138 Å². The van der Waals surface area contributed by atoms with Crippen LogP contribution in [0.15, 0.2) is 0 Å². The molecule has 1 unspecified atom stereocenters. The molecule has 0 radical (unpaired) electrons. The second-order valence-corrected chi connectivity index (χ2v) is 3.70. The van der Waals surface area contributed by atoms with Crippen LogP contribution in [0.1, 0.15) is 32.6 Å². The van der Waals surface area contributed by atoms with E-state index >= 15 is 0 Å². The zero-order valence-corrected chi connectivity index (χ0v) is 13.1. The maximum Gasteiger partial charge on any atom is 0.677 e. The molecule has 0 amide bonds. The fraction of sp³-hybridized carbons (Fsp3) is 1.00. The van der Waals surface area contributed by atoms with Crippen LogP contribution in [0, 0.1) is 0 Å². The summed E-state index contributed by atoms with van der Waals surface area (Å²) in [7, 11) is -10.2. The maximum atomic E-state index is 12.0. The molecule has 0 rings (SSSR count). The van der Waals surface area contributed by atoms with E-state index in [0.29, 0.717) is 13.0 Å². The molecule has 0 spiro atoms. The van der Waals surface area contributed by atoms with E-state index in [1.54, 1.807) is 0 Å². The van der Waals surface area contributed by atoms with E-state index in [4.69, 9.17) is 40.9 Å². The van der Waals surface area contributed by atoms with Gasteiger partial charge in [0.2, 0.25) is 0 Å². The average molecular weight is 369 g/mol. The van der Waals surface area contributed by atoms with Gasteiger partial charge in [0, 0.05) is 6.10 Å². The molecule has 0 saturated heterocycles. The second kappa shape index (κ2) is 24.9. The van der Waals surface area contributed by atoms with Gasteiger partial charge in [0.1, 0.15) is 0 Å². The summed E-state index contributed by atoms with van der Waals surface area (Å²) in [5, 5.41) is 50.0. The molecule has 0 fully saturated rings. The van der Waals surface area contributed by atoms with Crippen LogP contribution in [-0.4, -0.2) is 77.4 Å². The number of hydrogen-bond acceptors (Lipinski definition) is 9. The van der Waals surface area contributed by atoms with E-state index < -0.39 is 29.6 Å². The van der Waals surface area contributed by atoms with Gasteiger partial charge in [0.25, 0.3) is 0 Å². The van der Waals surface area contributed by atoms with Crippen LogP contribution in [0.5, 0.6) is 0 Å². The molecule has 144 valence electrons. The lowest BCUT2D eigenvalue weighted by atomic mass is 10.1. The molecular weight excluding hydrogens is 345 g/mol. The van der Waals surface area contributed by atoms with Gasteiger partial charge in [-0.1, -0.05) is 19.8 Å². The summed E-state index contributed by atoms with van der Waals surface area (Å²) in [6.07, 6.45) is 3.12. The summed E-state index contributed by atoms with van der Waals surface area (Å²) in [4.78, 5) is 0. The molecule has 9 N–H and O–H groups in total. The Bertz CT molecular complexity index is 204. The Morgan fingerprint density at radius 3 is 1.38 bits per heavy atom. The van der Waals surface area contributed by atoms with E-state index in [2.05, 4.69) is 4.65 Å². The summed E-state index contributed by atoms with van der Waals surface area (Å²) >= 11 is 0. The lowest BCUT2D eigenvalue weighted by Crippen LogP contribution is -2.24. The normalized spacial score (nSPS) is 9.88. The molecule has 17 heteroatoms. The monoisotopic (exact) mass is 369 g/mol. The highest BCUT2D eigenvalue weighted by molar-refractivity contribution is 6.33. The van der Waals surface area contributed by atoms with Gasteiger partial charge in [-0.25, -0.2) is 0 Å². The SMILES string of the molecule is CCCCC(CCN)OB(O)F.OB(O)F.OB(O)F.OB(O)F. The van der Waals surface area contributed by atoms with Gasteiger partial charge in [0.05, 0.1) is 0 Å². The highest BCUT2D eigenvalue weighted by Crippen LogP contribution is 2.09. The number of unbranched alkanes of at least 4 members (excludes halogenated alkanes) is 1. The van der Waals surface area contributed by atoms with E-state index in [-0.39, 0.29) is 6.10 Å². The Morgan fingerprint density at radius 2 is 1.17 bits per heavy atom. The Hall–Kier alpha value is -0.380. The molecule has 0 aliphatic carbocycles. The molecule has 0 aromatic rings. The van der Waals surface area contributed by atoms with Crippen molar-refractivity contribution in [3.8, 4) is 0 Å². The minimum absolute atomic E-state index is 0.241. The Kier molecular flexibility index (Phi) is 32.5. The molecule has 9 nitrogen and oxygen atoms in total. The van der Waals surface area contributed by atoms with Crippen LogP contribution in [0.3, 0.4) is 0 Å². The van der Waals surface area contributed by atoms with Gasteiger partial charge >= 0.3 is 29.6 Å². The van der Waals surface area contributed by atoms with Gasteiger partial charge in [-0.05, 0) is 19.4 Å². The predicted octanol–water partition coefficient (Wildman–Crippen LogP) is -2.37. The summed E-state index contributed by atoms with van der Waals surface area (Å²) < 4.78 is 46.9. The first kappa shape index (κ1) is 31.4. The highest BCUT2D eigenvalue weighted by Gasteiger charge is 2.18. The van der Waals surface area contributed by atoms with Crippen molar-refractivity contribution in [2.45, 2.75) is 38.7 Å². The fourth-order valence-electron chi connectivity index (χ4n) is 1.06. The third kappa shape index (κ3) is 81.5. The van der Waals surface area contributed by atoms with Crippen LogP contribution >= 0.6 is 0 Å². The minimum Gasteiger partial charge on any atom is -0.398 e. The van der Waals surface area contributed by atoms with Crippen LogP contribution in [0.25, 0.3) is 0 Å². The van der Waals surface area contributed by atoms with Crippen LogP contribution in [0.4, 0.5) is 17.3 Å². The standard InChI is InChI=1S/C7H17BFNO2.3BFH2O2/c1-2-3-4-7(5-6-10)12-8(9)11;3*2-1(3)4/h7,11H,2-6,10H2,1H3;3*3-4H. The van der Waals surface area contributed by atoms with Crippen molar-refractivity contribution in [3.05, 3.63) is 0 Å². The largest absolute Gasteiger partial charge is 0.677 e. The fourth-order valence-corrected chi connectivity index (χ4v) is 1.06. The van der Waals surface area contributed by atoms with Crippen molar-refractivity contribution >= 4 is 29.6 Å². The first-order valence-corrected chi connectivity index (χ1v) is 6.58. The number of hydrogen-bond donors (Lipinski definition) is 8. The van der Waals surface area contributed by atoms with Gasteiger partial charge < -0.3 is 45.6 Å². The number of halogens is 4. The first-order valence-electron chi connectivity index (χ1n) is 6.58. The average Bonchev–Trinajstić information content (AvgIpc) is 2.33. The summed E-state index contributed by atoms with van der Waals surface area (Å²) in [5.74, 6) is 0. The van der Waals surface area contributed by atoms with Gasteiger partial charge in [-0.2, -0.15) is 0 Å². The lowest BCUT2D eigenvalue weighted by Gasteiger charge is -2.15. The summed E-state index contributed by atoms with van der Waals surface area (Å²) in [6, 6.07) is 0. The van der Waals surface area contributed by atoms with Crippen LogP contribution in [0.2, 0.25) is 0 Å². The Balaban J connectivity index is -0.000000137. The quantitative estimate of drug-likeness (QED) is 0.180. The van der Waals surface area contributed by atoms with E-state index in [9.17, 15) is 17.3 Å². The van der Waals surface area contributed by atoms with E-state index in [1.165, 1.54) is 0 Å². The topological polar surface area (TPSA) is 177 Å². The second-order valence-electron chi connectivity index (χ2n) is 3.70. The van der Waals surface area contributed by atoms with Crippen molar-refractivity contribution in [2.75, 3.05) is 6.54 Å². The minimum atomic E-state index is -2.67. The molecule has 0 aliphatic rings. The highest BCUT2D eigenvalue weighted by atomic mass is 19.1. The molecule has 24 heavy (non-hydrogen) atoms. The smallest absolute Gasteiger partial charge is 0.398 e. The van der Waals surface area contributed by atoms with Crippen LogP contribution < -0.4 is 5.73 Å². The summed E-state index contributed by atoms with van der Waals surface area (Å²) in [5.41, 5.74) is 5.29. The number of nitrogens with two attached hydrogens (primary N) is 1. The van der Waals surface area contributed by atoms with Crippen molar-refractivity contribution in [2.24, 2.45) is 5.73 Å². The summed E-state index contributed by atoms with van der Waals surface area (Å²) in [6.45, 7) is 2.51. The van der Waals surface area contributed by atoms with Crippen LogP contribution in [-0.2, 0) is 4.65 Å². The number of rotatable bonds is 7. The molecule has 0 heterocycles. The van der Waals surface area contributed by atoms with Crippen molar-refractivity contribution in [1.29, 1.82) is 0 Å². The van der Waals surface area contributed by atoms with Gasteiger partial charge in [-0.15, -0.1) is 0 Å². The van der Waals surface area contributed by atoms with Crippen molar-refractivity contribution in [1.82, 2.24) is 0 Å². The van der Waals surface area contributed by atoms with E-state index in [0.717, 1.165) is 19.3 Å². The Morgan fingerprint density at radius 1 is 0.833 bits per heavy atom. The molecule has 0 saturated carbocycles. The van der Waals surface area contributed by atoms with Crippen molar-refractivity contribution in [3.63, 3.8) is 0 Å².